The molecule has 24 heavy (non-hydrogen) atoms. The molecule has 0 bridgehead atoms. The highest BCUT2D eigenvalue weighted by molar-refractivity contribution is 5.97. The number of amides is 1. The van der Waals surface area contributed by atoms with Crippen LogP contribution < -0.4 is 10.1 Å². The van der Waals surface area contributed by atoms with Crippen molar-refractivity contribution in [1.82, 2.24) is 15.1 Å². The second-order valence-corrected chi connectivity index (χ2v) is 6.04. The van der Waals surface area contributed by atoms with Gasteiger partial charge in [-0.1, -0.05) is 12.1 Å². The highest BCUT2D eigenvalue weighted by Gasteiger charge is 2.19. The molecule has 1 fully saturated rings. The SMILES string of the molecule is C[C@H](Cn1cccn1)NC(=O)c1ccccc1OC[C@@H]1CCCO1. The lowest BCUT2D eigenvalue weighted by Crippen LogP contribution is -2.36. The van der Waals surface area contributed by atoms with Crippen LogP contribution in [0.1, 0.15) is 30.1 Å². The van der Waals surface area contributed by atoms with Crippen LogP contribution in [-0.2, 0) is 11.3 Å². The Kier molecular flexibility index (Phi) is 5.48. The molecule has 0 radical (unpaired) electrons. The maximum atomic E-state index is 12.5. The molecule has 1 N–H and O–H groups in total. The average molecular weight is 329 g/mol. The summed E-state index contributed by atoms with van der Waals surface area (Å²) in [6, 6.07) is 9.13. The number of carbonyl (C=O) groups is 1. The summed E-state index contributed by atoms with van der Waals surface area (Å²) in [5.74, 6) is 0.453. The van der Waals surface area contributed by atoms with Crippen molar-refractivity contribution in [2.45, 2.75) is 38.5 Å². The molecule has 1 aliphatic heterocycles. The van der Waals surface area contributed by atoms with Gasteiger partial charge in [0.25, 0.3) is 5.91 Å². The number of rotatable bonds is 7. The Balaban J connectivity index is 1.59. The standard InChI is InChI=1S/C18H23N3O3/c1-14(12-21-10-5-9-19-21)20-18(22)16-7-2-3-8-17(16)24-13-15-6-4-11-23-15/h2-3,5,7-10,14-15H,4,6,11-13H2,1H3,(H,20,22)/t14-,15+/m1/s1. The van der Waals surface area contributed by atoms with E-state index in [0.29, 0.717) is 24.5 Å². The van der Waals surface area contributed by atoms with Gasteiger partial charge >= 0.3 is 0 Å². The molecule has 2 atom stereocenters. The van der Waals surface area contributed by atoms with Gasteiger partial charge in [0, 0.05) is 25.0 Å². The molecule has 0 unspecified atom stereocenters. The Bertz CT molecular complexity index is 651. The van der Waals surface area contributed by atoms with Crippen LogP contribution >= 0.6 is 0 Å². The highest BCUT2D eigenvalue weighted by atomic mass is 16.5. The minimum atomic E-state index is -0.141. The van der Waals surface area contributed by atoms with E-state index in [-0.39, 0.29) is 18.1 Å². The molecule has 1 saturated heterocycles. The van der Waals surface area contributed by atoms with E-state index >= 15 is 0 Å². The molecular formula is C18H23N3O3. The molecule has 1 aromatic heterocycles. The number of hydrogen-bond acceptors (Lipinski definition) is 4. The summed E-state index contributed by atoms with van der Waals surface area (Å²) in [5, 5.41) is 7.15. The average Bonchev–Trinajstić information content (AvgIpc) is 3.26. The van der Waals surface area contributed by atoms with E-state index in [1.54, 1.807) is 16.9 Å². The van der Waals surface area contributed by atoms with Crippen molar-refractivity contribution in [1.29, 1.82) is 0 Å². The molecule has 128 valence electrons. The molecule has 1 amide bonds. The van der Waals surface area contributed by atoms with Gasteiger partial charge in [-0.05, 0) is 38.0 Å². The van der Waals surface area contributed by atoms with Gasteiger partial charge in [0.05, 0.1) is 18.2 Å². The Morgan fingerprint density at radius 3 is 3.08 bits per heavy atom. The summed E-state index contributed by atoms with van der Waals surface area (Å²) in [7, 11) is 0. The first-order chi connectivity index (χ1) is 11.7. The molecule has 0 saturated carbocycles. The molecule has 2 heterocycles. The first-order valence-corrected chi connectivity index (χ1v) is 8.34. The van der Waals surface area contributed by atoms with Crippen molar-refractivity contribution in [2.75, 3.05) is 13.2 Å². The zero-order valence-corrected chi connectivity index (χ0v) is 13.9. The lowest BCUT2D eigenvalue weighted by molar-refractivity contribution is 0.0670. The van der Waals surface area contributed by atoms with E-state index in [2.05, 4.69) is 10.4 Å². The second-order valence-electron chi connectivity index (χ2n) is 6.04. The van der Waals surface area contributed by atoms with Crippen molar-refractivity contribution in [2.24, 2.45) is 0 Å². The number of para-hydroxylation sites is 1. The minimum absolute atomic E-state index is 0.0383. The van der Waals surface area contributed by atoms with Gasteiger partial charge in [-0.15, -0.1) is 0 Å². The van der Waals surface area contributed by atoms with Gasteiger partial charge in [0.2, 0.25) is 0 Å². The van der Waals surface area contributed by atoms with E-state index < -0.39 is 0 Å². The molecule has 6 nitrogen and oxygen atoms in total. The molecule has 1 aliphatic rings. The first-order valence-electron chi connectivity index (χ1n) is 8.34. The molecule has 0 aliphatic carbocycles. The summed E-state index contributed by atoms with van der Waals surface area (Å²) in [5.41, 5.74) is 0.544. The zero-order valence-electron chi connectivity index (χ0n) is 13.9. The lowest BCUT2D eigenvalue weighted by Gasteiger charge is -2.17. The fourth-order valence-electron chi connectivity index (χ4n) is 2.77. The summed E-state index contributed by atoms with van der Waals surface area (Å²) < 4.78 is 13.2. The zero-order chi connectivity index (χ0) is 16.8. The van der Waals surface area contributed by atoms with Gasteiger partial charge < -0.3 is 14.8 Å². The van der Waals surface area contributed by atoms with Crippen LogP contribution in [0.5, 0.6) is 5.75 Å². The van der Waals surface area contributed by atoms with Gasteiger partial charge in [-0.3, -0.25) is 9.48 Å². The summed E-state index contributed by atoms with van der Waals surface area (Å²) in [6.45, 7) is 3.85. The van der Waals surface area contributed by atoms with Gasteiger partial charge in [-0.25, -0.2) is 0 Å². The van der Waals surface area contributed by atoms with Crippen LogP contribution in [0.25, 0.3) is 0 Å². The fourth-order valence-corrected chi connectivity index (χ4v) is 2.77. The number of aromatic nitrogens is 2. The molecule has 6 heteroatoms. The second kappa shape index (κ2) is 7.97. The number of hydrogen-bond donors (Lipinski definition) is 1. The van der Waals surface area contributed by atoms with Crippen LogP contribution in [0, 0.1) is 0 Å². The maximum Gasteiger partial charge on any atom is 0.255 e. The largest absolute Gasteiger partial charge is 0.490 e. The molecule has 2 aromatic rings. The van der Waals surface area contributed by atoms with E-state index in [9.17, 15) is 4.79 Å². The third-order valence-electron chi connectivity index (χ3n) is 3.98. The quantitative estimate of drug-likeness (QED) is 0.846. The van der Waals surface area contributed by atoms with Crippen LogP contribution in [0.15, 0.2) is 42.7 Å². The minimum Gasteiger partial charge on any atom is -0.490 e. The van der Waals surface area contributed by atoms with E-state index in [0.717, 1.165) is 19.4 Å². The third kappa shape index (κ3) is 4.35. The van der Waals surface area contributed by atoms with Gasteiger partial charge in [0.15, 0.2) is 0 Å². The van der Waals surface area contributed by atoms with Crippen molar-refractivity contribution in [3.05, 3.63) is 48.3 Å². The Morgan fingerprint density at radius 2 is 2.33 bits per heavy atom. The first kappa shape index (κ1) is 16.5. The predicted molar refractivity (Wildman–Crippen MR) is 90.1 cm³/mol. The number of carbonyl (C=O) groups excluding carboxylic acids is 1. The van der Waals surface area contributed by atoms with E-state index in [1.165, 1.54) is 0 Å². The maximum absolute atomic E-state index is 12.5. The number of nitrogens with zero attached hydrogens (tertiary/aromatic N) is 2. The summed E-state index contributed by atoms with van der Waals surface area (Å²) >= 11 is 0. The Labute approximate surface area is 141 Å². The topological polar surface area (TPSA) is 65.4 Å². The predicted octanol–water partition coefficient (Wildman–Crippen LogP) is 2.26. The Hall–Kier alpha value is -2.34. The lowest BCUT2D eigenvalue weighted by atomic mass is 10.1. The summed E-state index contributed by atoms with van der Waals surface area (Å²) in [6.07, 6.45) is 5.81. The van der Waals surface area contributed by atoms with Crippen LogP contribution in [0.4, 0.5) is 0 Å². The van der Waals surface area contributed by atoms with Crippen molar-refractivity contribution in [3.8, 4) is 5.75 Å². The van der Waals surface area contributed by atoms with E-state index in [4.69, 9.17) is 9.47 Å². The third-order valence-corrected chi connectivity index (χ3v) is 3.98. The van der Waals surface area contributed by atoms with Crippen molar-refractivity contribution < 1.29 is 14.3 Å². The smallest absolute Gasteiger partial charge is 0.255 e. The van der Waals surface area contributed by atoms with Crippen LogP contribution in [0.3, 0.4) is 0 Å². The fraction of sp³-hybridized carbons (Fsp3) is 0.444. The number of benzene rings is 1. The van der Waals surface area contributed by atoms with Crippen LogP contribution in [-0.4, -0.2) is 41.0 Å². The number of nitrogens with one attached hydrogen (secondary N) is 1. The van der Waals surface area contributed by atoms with Gasteiger partial charge in [-0.2, -0.15) is 5.10 Å². The monoisotopic (exact) mass is 329 g/mol. The van der Waals surface area contributed by atoms with Gasteiger partial charge in [0.1, 0.15) is 12.4 Å². The Morgan fingerprint density at radius 1 is 1.46 bits per heavy atom. The van der Waals surface area contributed by atoms with Crippen molar-refractivity contribution >= 4 is 5.91 Å². The summed E-state index contributed by atoms with van der Waals surface area (Å²) in [4.78, 5) is 12.5. The molecular weight excluding hydrogens is 306 g/mol. The normalized spacial score (nSPS) is 18.3. The molecule has 1 aromatic carbocycles. The highest BCUT2D eigenvalue weighted by Crippen LogP contribution is 2.20. The van der Waals surface area contributed by atoms with E-state index in [1.807, 2.05) is 37.4 Å². The number of ether oxygens (including phenoxy) is 2. The van der Waals surface area contributed by atoms with Crippen molar-refractivity contribution in [3.63, 3.8) is 0 Å². The molecule has 0 spiro atoms. The van der Waals surface area contributed by atoms with Crippen LogP contribution in [0.2, 0.25) is 0 Å². The molecule has 3 rings (SSSR count).